The lowest BCUT2D eigenvalue weighted by atomic mass is 10.1. The molecule has 3 rings (SSSR count). The van der Waals surface area contributed by atoms with Crippen molar-refractivity contribution in [2.75, 3.05) is 19.0 Å². The molecule has 0 aliphatic carbocycles. The number of benzene rings is 1. The van der Waals surface area contributed by atoms with Crippen LogP contribution in [-0.2, 0) is 6.42 Å². The summed E-state index contributed by atoms with van der Waals surface area (Å²) in [4.78, 5) is 4.35. The first-order valence-electron chi connectivity index (χ1n) is 6.52. The predicted octanol–water partition coefficient (Wildman–Crippen LogP) is 2.39. The van der Waals surface area contributed by atoms with Gasteiger partial charge < -0.3 is 10.1 Å². The second-order valence-corrected chi connectivity index (χ2v) is 4.46. The van der Waals surface area contributed by atoms with Gasteiger partial charge in [0.1, 0.15) is 11.3 Å². The van der Waals surface area contributed by atoms with Gasteiger partial charge in [0.15, 0.2) is 5.82 Å². The fourth-order valence-corrected chi connectivity index (χ4v) is 2.11. The first kappa shape index (κ1) is 12.5. The van der Waals surface area contributed by atoms with E-state index < -0.39 is 0 Å². The molecular weight excluding hydrogens is 252 g/mol. The third-order valence-electron chi connectivity index (χ3n) is 3.19. The lowest BCUT2D eigenvalue weighted by Gasteiger charge is -2.07. The Balaban J connectivity index is 1.63. The van der Waals surface area contributed by atoms with Crippen LogP contribution in [0.25, 0.3) is 5.52 Å². The molecule has 0 atom stereocenters. The minimum Gasteiger partial charge on any atom is -0.497 e. The maximum atomic E-state index is 5.15. The third kappa shape index (κ3) is 2.56. The van der Waals surface area contributed by atoms with E-state index in [9.17, 15) is 0 Å². The van der Waals surface area contributed by atoms with Gasteiger partial charge in [-0.1, -0.05) is 12.1 Å². The molecule has 2 heterocycles. The standard InChI is InChI=1S/C15H16N4O/c1-20-13-4-2-12(3-5-13)6-8-16-15-14-7-9-18-19(14)11-10-17-15/h2-5,7,9-11H,6,8H2,1H3,(H,16,17). The van der Waals surface area contributed by atoms with Gasteiger partial charge in [0.05, 0.1) is 13.3 Å². The molecule has 1 aromatic carbocycles. The SMILES string of the molecule is COc1ccc(CCNc2nccn3nccc23)cc1. The zero-order valence-electron chi connectivity index (χ0n) is 11.3. The largest absolute Gasteiger partial charge is 0.497 e. The Morgan fingerprint density at radius 3 is 2.80 bits per heavy atom. The van der Waals surface area contributed by atoms with E-state index in [0.29, 0.717) is 0 Å². The number of fused-ring (bicyclic) bond motifs is 1. The van der Waals surface area contributed by atoms with Gasteiger partial charge in [0.25, 0.3) is 0 Å². The lowest BCUT2D eigenvalue weighted by molar-refractivity contribution is 0.414. The van der Waals surface area contributed by atoms with E-state index in [1.54, 1.807) is 19.5 Å². The second kappa shape index (κ2) is 5.61. The highest BCUT2D eigenvalue weighted by atomic mass is 16.5. The fraction of sp³-hybridized carbons (Fsp3) is 0.200. The van der Waals surface area contributed by atoms with Crippen LogP contribution in [0.3, 0.4) is 0 Å². The van der Waals surface area contributed by atoms with Crippen molar-refractivity contribution in [3.8, 4) is 5.75 Å². The molecule has 0 saturated heterocycles. The number of methoxy groups -OCH3 is 1. The Morgan fingerprint density at radius 1 is 1.15 bits per heavy atom. The van der Waals surface area contributed by atoms with Gasteiger partial charge >= 0.3 is 0 Å². The minimum atomic E-state index is 0.824. The Morgan fingerprint density at radius 2 is 2.00 bits per heavy atom. The Bertz CT molecular complexity index is 690. The highest BCUT2D eigenvalue weighted by molar-refractivity contribution is 5.66. The summed E-state index contributed by atoms with van der Waals surface area (Å²) in [5.41, 5.74) is 2.25. The van der Waals surface area contributed by atoms with Crippen LogP contribution in [0.5, 0.6) is 5.75 Å². The second-order valence-electron chi connectivity index (χ2n) is 4.46. The van der Waals surface area contributed by atoms with Gasteiger partial charge in [-0.3, -0.25) is 0 Å². The molecule has 0 amide bonds. The number of anilines is 1. The fourth-order valence-electron chi connectivity index (χ4n) is 2.11. The third-order valence-corrected chi connectivity index (χ3v) is 3.19. The Hall–Kier alpha value is -2.56. The number of ether oxygens (including phenoxy) is 1. The van der Waals surface area contributed by atoms with Gasteiger partial charge in [-0.05, 0) is 30.2 Å². The van der Waals surface area contributed by atoms with Crippen LogP contribution in [-0.4, -0.2) is 28.3 Å². The minimum absolute atomic E-state index is 0.824. The topological polar surface area (TPSA) is 51.5 Å². The molecule has 0 saturated carbocycles. The Kier molecular flexibility index (Phi) is 3.50. The van der Waals surface area contributed by atoms with E-state index in [0.717, 1.165) is 30.0 Å². The monoisotopic (exact) mass is 268 g/mol. The maximum Gasteiger partial charge on any atom is 0.152 e. The van der Waals surface area contributed by atoms with E-state index in [2.05, 4.69) is 27.5 Å². The number of hydrogen-bond donors (Lipinski definition) is 1. The predicted molar refractivity (Wildman–Crippen MR) is 78.2 cm³/mol. The summed E-state index contributed by atoms with van der Waals surface area (Å²) in [7, 11) is 1.68. The molecule has 20 heavy (non-hydrogen) atoms. The van der Waals surface area contributed by atoms with Crippen LogP contribution in [0.1, 0.15) is 5.56 Å². The van der Waals surface area contributed by atoms with Crippen molar-refractivity contribution in [1.29, 1.82) is 0 Å². The van der Waals surface area contributed by atoms with Crippen molar-refractivity contribution in [3.05, 3.63) is 54.5 Å². The van der Waals surface area contributed by atoms with E-state index in [1.807, 2.05) is 28.9 Å². The van der Waals surface area contributed by atoms with Crippen molar-refractivity contribution in [2.45, 2.75) is 6.42 Å². The molecule has 0 spiro atoms. The van der Waals surface area contributed by atoms with Gasteiger partial charge in [-0.2, -0.15) is 5.10 Å². The molecule has 1 N–H and O–H groups in total. The van der Waals surface area contributed by atoms with Crippen molar-refractivity contribution >= 4 is 11.3 Å². The highest BCUT2D eigenvalue weighted by Gasteiger charge is 2.02. The number of nitrogens with one attached hydrogen (secondary N) is 1. The van der Waals surface area contributed by atoms with E-state index in [4.69, 9.17) is 4.74 Å². The van der Waals surface area contributed by atoms with Crippen molar-refractivity contribution in [3.63, 3.8) is 0 Å². The average Bonchev–Trinajstić information content (AvgIpc) is 2.97. The molecule has 0 fully saturated rings. The first-order valence-corrected chi connectivity index (χ1v) is 6.52. The van der Waals surface area contributed by atoms with Gasteiger partial charge in [-0.25, -0.2) is 9.50 Å². The quantitative estimate of drug-likeness (QED) is 0.772. The molecule has 0 aliphatic heterocycles. The zero-order chi connectivity index (χ0) is 13.8. The number of nitrogens with zero attached hydrogens (tertiary/aromatic N) is 3. The van der Waals surface area contributed by atoms with Crippen LogP contribution < -0.4 is 10.1 Å². The molecule has 0 radical (unpaired) electrons. The summed E-state index contributed by atoms with van der Waals surface area (Å²) in [5, 5.41) is 7.54. The van der Waals surface area contributed by atoms with Crippen molar-refractivity contribution in [2.24, 2.45) is 0 Å². The van der Waals surface area contributed by atoms with Gasteiger partial charge in [0, 0.05) is 18.9 Å². The molecule has 0 bridgehead atoms. The van der Waals surface area contributed by atoms with Crippen LogP contribution in [0.4, 0.5) is 5.82 Å². The molecule has 5 nitrogen and oxygen atoms in total. The summed E-state index contributed by atoms with van der Waals surface area (Å²) in [6, 6.07) is 10.1. The Labute approximate surface area is 117 Å². The van der Waals surface area contributed by atoms with Crippen molar-refractivity contribution in [1.82, 2.24) is 14.6 Å². The van der Waals surface area contributed by atoms with Gasteiger partial charge in [0.2, 0.25) is 0 Å². The summed E-state index contributed by atoms with van der Waals surface area (Å²) < 4.78 is 6.96. The summed E-state index contributed by atoms with van der Waals surface area (Å²) >= 11 is 0. The highest BCUT2D eigenvalue weighted by Crippen LogP contribution is 2.14. The number of rotatable bonds is 5. The normalized spacial score (nSPS) is 10.7. The maximum absolute atomic E-state index is 5.15. The molecular formula is C15H16N4O. The van der Waals surface area contributed by atoms with Crippen LogP contribution in [0, 0.1) is 0 Å². The zero-order valence-corrected chi connectivity index (χ0v) is 11.3. The van der Waals surface area contributed by atoms with E-state index in [1.165, 1.54) is 5.56 Å². The molecule has 0 aliphatic rings. The number of hydrogen-bond acceptors (Lipinski definition) is 4. The summed E-state index contributed by atoms with van der Waals surface area (Å²) in [6.45, 7) is 0.824. The lowest BCUT2D eigenvalue weighted by Crippen LogP contribution is -2.07. The number of aromatic nitrogens is 3. The van der Waals surface area contributed by atoms with Gasteiger partial charge in [-0.15, -0.1) is 0 Å². The van der Waals surface area contributed by atoms with E-state index >= 15 is 0 Å². The molecule has 3 aromatic rings. The van der Waals surface area contributed by atoms with E-state index in [-0.39, 0.29) is 0 Å². The summed E-state index contributed by atoms with van der Waals surface area (Å²) in [5.74, 6) is 1.74. The van der Waals surface area contributed by atoms with Crippen molar-refractivity contribution < 1.29 is 4.74 Å². The van der Waals surface area contributed by atoms with Crippen LogP contribution in [0.2, 0.25) is 0 Å². The molecule has 2 aromatic heterocycles. The molecule has 102 valence electrons. The van der Waals surface area contributed by atoms with Crippen LogP contribution >= 0.6 is 0 Å². The first-order chi connectivity index (χ1) is 9.86. The van der Waals surface area contributed by atoms with Crippen LogP contribution in [0.15, 0.2) is 48.9 Å². The molecule has 0 unspecified atom stereocenters. The summed E-state index contributed by atoms with van der Waals surface area (Å²) in [6.07, 6.45) is 6.28. The smallest absolute Gasteiger partial charge is 0.152 e. The average molecular weight is 268 g/mol. The molecule has 5 heteroatoms.